The molecule has 1 aliphatic rings. The first kappa shape index (κ1) is 23.1. The van der Waals surface area contributed by atoms with Crippen molar-refractivity contribution in [3.8, 4) is 5.88 Å². The number of rotatable bonds is 5. The number of amides is 2. The molecule has 0 spiro atoms. The van der Waals surface area contributed by atoms with E-state index in [0.29, 0.717) is 22.1 Å². The predicted molar refractivity (Wildman–Crippen MR) is 116 cm³/mol. The number of fused-ring (bicyclic) bond motifs is 1. The third-order valence-electron chi connectivity index (χ3n) is 5.38. The highest BCUT2D eigenvalue weighted by Gasteiger charge is 2.34. The van der Waals surface area contributed by atoms with Gasteiger partial charge in [0.15, 0.2) is 0 Å². The Labute approximate surface area is 189 Å². The van der Waals surface area contributed by atoms with Crippen LogP contribution in [0.15, 0.2) is 41.0 Å². The van der Waals surface area contributed by atoms with E-state index in [1.807, 2.05) is 6.92 Å². The first-order valence-corrected chi connectivity index (χ1v) is 10.8. The lowest BCUT2D eigenvalue weighted by molar-refractivity contribution is 0.0313. The van der Waals surface area contributed by atoms with Crippen LogP contribution < -0.4 is 4.74 Å². The van der Waals surface area contributed by atoms with E-state index in [4.69, 9.17) is 4.74 Å². The van der Waals surface area contributed by atoms with Crippen molar-refractivity contribution in [3.63, 3.8) is 0 Å². The van der Waals surface area contributed by atoms with E-state index in [0.717, 1.165) is 0 Å². The molecule has 0 aliphatic carbocycles. The molecule has 0 saturated carbocycles. The number of carbonyl (C=O) groups is 2. The van der Waals surface area contributed by atoms with E-state index in [2.05, 4.69) is 20.9 Å². The zero-order chi connectivity index (χ0) is 22.7. The molecule has 166 valence electrons. The second-order valence-corrected chi connectivity index (χ2v) is 8.74. The molecular weight excluding hydrogens is 469 g/mol. The van der Waals surface area contributed by atoms with Gasteiger partial charge in [-0.25, -0.2) is 9.37 Å². The Morgan fingerprint density at radius 1 is 1.42 bits per heavy atom. The molecule has 7 nitrogen and oxygen atoms in total. The number of halogens is 2. The fourth-order valence-electron chi connectivity index (χ4n) is 3.46. The lowest BCUT2D eigenvalue weighted by Crippen LogP contribution is -2.50. The summed E-state index contributed by atoms with van der Waals surface area (Å²) >= 11 is 3.34. The highest BCUT2D eigenvalue weighted by atomic mass is 79.9. The van der Waals surface area contributed by atoms with Crippen LogP contribution in [0, 0.1) is 11.7 Å². The molecule has 9 heteroatoms. The molecule has 0 fully saturated rings. The molecule has 1 aliphatic heterocycles. The summed E-state index contributed by atoms with van der Waals surface area (Å²) in [5.41, 5.74) is 0.662. The standard InChI is InChI=1S/C22H25BrFN3O4/c1-13-10-27(14(2)12-28)22(30)18-8-16(23)9-25-20(18)31-19(13)11-26(3)21(29)15-4-6-17(24)7-5-15/h4-9,13-14,19,28H,10-12H2,1-3H3/t13-,14+,19-/m1/s1. The van der Waals surface area contributed by atoms with Crippen LogP contribution in [0.25, 0.3) is 0 Å². The highest BCUT2D eigenvalue weighted by molar-refractivity contribution is 9.10. The third-order valence-corrected chi connectivity index (χ3v) is 5.81. The average Bonchev–Trinajstić information content (AvgIpc) is 2.76. The number of pyridine rings is 1. The van der Waals surface area contributed by atoms with Crippen LogP contribution >= 0.6 is 15.9 Å². The zero-order valence-corrected chi connectivity index (χ0v) is 19.2. The predicted octanol–water partition coefficient (Wildman–Crippen LogP) is 2.98. The minimum atomic E-state index is -0.455. The van der Waals surface area contributed by atoms with E-state index in [1.54, 1.807) is 31.1 Å². The largest absolute Gasteiger partial charge is 0.472 e. The third kappa shape index (κ3) is 5.22. The van der Waals surface area contributed by atoms with Crippen molar-refractivity contribution in [3.05, 3.63) is 57.9 Å². The van der Waals surface area contributed by atoms with Crippen molar-refractivity contribution in [2.45, 2.75) is 26.0 Å². The normalized spacial score (nSPS) is 19.7. The Balaban J connectivity index is 1.89. The lowest BCUT2D eigenvalue weighted by atomic mass is 10.00. The van der Waals surface area contributed by atoms with Gasteiger partial charge in [0.05, 0.1) is 19.2 Å². The van der Waals surface area contributed by atoms with E-state index in [1.165, 1.54) is 29.2 Å². The summed E-state index contributed by atoms with van der Waals surface area (Å²) in [5.74, 6) is -0.916. The molecule has 31 heavy (non-hydrogen) atoms. The number of ether oxygens (including phenoxy) is 1. The number of benzene rings is 1. The molecule has 0 saturated heterocycles. The highest BCUT2D eigenvalue weighted by Crippen LogP contribution is 2.28. The summed E-state index contributed by atoms with van der Waals surface area (Å²) in [4.78, 5) is 33.3. The number of aromatic nitrogens is 1. The summed E-state index contributed by atoms with van der Waals surface area (Å²) in [7, 11) is 1.65. The van der Waals surface area contributed by atoms with E-state index in [9.17, 15) is 19.1 Å². The van der Waals surface area contributed by atoms with Gasteiger partial charge in [-0.15, -0.1) is 0 Å². The van der Waals surface area contributed by atoms with E-state index < -0.39 is 11.9 Å². The van der Waals surface area contributed by atoms with Gasteiger partial charge in [-0.05, 0) is 53.2 Å². The smallest absolute Gasteiger partial charge is 0.259 e. The van der Waals surface area contributed by atoms with Crippen LogP contribution in [0.1, 0.15) is 34.6 Å². The van der Waals surface area contributed by atoms with Crippen LogP contribution in [0.4, 0.5) is 4.39 Å². The van der Waals surface area contributed by atoms with Crippen LogP contribution in [0.2, 0.25) is 0 Å². The molecule has 2 heterocycles. The second kappa shape index (κ2) is 9.74. The summed E-state index contributed by atoms with van der Waals surface area (Å²) in [6, 6.07) is 6.62. The molecule has 0 unspecified atom stereocenters. The quantitative estimate of drug-likeness (QED) is 0.692. The Bertz CT molecular complexity index is 956. The van der Waals surface area contributed by atoms with E-state index in [-0.39, 0.29) is 42.8 Å². The molecule has 3 rings (SSSR count). The second-order valence-electron chi connectivity index (χ2n) is 7.82. The fourth-order valence-corrected chi connectivity index (χ4v) is 3.79. The Hall–Kier alpha value is -2.52. The summed E-state index contributed by atoms with van der Waals surface area (Å²) in [6.07, 6.45) is 1.09. The number of hydrogen-bond donors (Lipinski definition) is 1. The summed E-state index contributed by atoms with van der Waals surface area (Å²) in [6.45, 7) is 4.11. The maximum Gasteiger partial charge on any atom is 0.259 e. The number of hydrogen-bond acceptors (Lipinski definition) is 5. The molecule has 3 atom stereocenters. The number of aliphatic hydroxyl groups excluding tert-OH is 1. The SMILES string of the molecule is C[C@@H]1CN([C@@H](C)CO)C(=O)c2cc(Br)cnc2O[C@@H]1CN(C)C(=O)c1ccc(F)cc1. The Morgan fingerprint density at radius 3 is 2.74 bits per heavy atom. The maximum absolute atomic E-state index is 13.2. The van der Waals surface area contributed by atoms with Gasteiger partial charge in [0, 0.05) is 35.7 Å². The fraction of sp³-hybridized carbons (Fsp3) is 0.409. The van der Waals surface area contributed by atoms with Crippen molar-refractivity contribution in [2.24, 2.45) is 5.92 Å². The molecular formula is C22H25BrFN3O4. The first-order chi connectivity index (χ1) is 14.7. The monoisotopic (exact) mass is 493 g/mol. The number of carbonyl (C=O) groups excluding carboxylic acids is 2. The van der Waals surface area contributed by atoms with Crippen LogP contribution in [-0.4, -0.2) is 70.6 Å². The molecule has 0 bridgehead atoms. The van der Waals surface area contributed by atoms with Gasteiger partial charge in [0.2, 0.25) is 5.88 Å². The number of nitrogens with zero attached hydrogens (tertiary/aromatic N) is 3. The van der Waals surface area contributed by atoms with Gasteiger partial charge < -0.3 is 19.6 Å². The van der Waals surface area contributed by atoms with Gasteiger partial charge in [0.1, 0.15) is 17.5 Å². The lowest BCUT2D eigenvalue weighted by Gasteiger charge is -2.37. The first-order valence-electron chi connectivity index (χ1n) is 9.96. The van der Waals surface area contributed by atoms with Crippen molar-refractivity contribution in [2.75, 3.05) is 26.7 Å². The van der Waals surface area contributed by atoms with Gasteiger partial charge in [-0.1, -0.05) is 6.92 Å². The van der Waals surface area contributed by atoms with Gasteiger partial charge in [-0.3, -0.25) is 9.59 Å². The van der Waals surface area contributed by atoms with Crippen molar-refractivity contribution in [1.82, 2.24) is 14.8 Å². The Kier molecular flexibility index (Phi) is 7.27. The summed E-state index contributed by atoms with van der Waals surface area (Å²) in [5, 5.41) is 9.66. The van der Waals surface area contributed by atoms with Crippen molar-refractivity contribution >= 4 is 27.7 Å². The van der Waals surface area contributed by atoms with Crippen molar-refractivity contribution < 1.29 is 23.8 Å². The average molecular weight is 494 g/mol. The number of aliphatic hydroxyl groups is 1. The molecule has 1 N–H and O–H groups in total. The van der Waals surface area contributed by atoms with Gasteiger partial charge in [0.25, 0.3) is 11.8 Å². The summed E-state index contributed by atoms with van der Waals surface area (Å²) < 4.78 is 19.9. The number of likely N-dealkylation sites (N-methyl/N-ethyl adjacent to an activating group) is 1. The van der Waals surface area contributed by atoms with Gasteiger partial charge >= 0.3 is 0 Å². The molecule has 0 radical (unpaired) electrons. The van der Waals surface area contributed by atoms with Crippen LogP contribution in [0.5, 0.6) is 5.88 Å². The minimum absolute atomic E-state index is 0.153. The minimum Gasteiger partial charge on any atom is -0.472 e. The van der Waals surface area contributed by atoms with Crippen LogP contribution in [-0.2, 0) is 0 Å². The molecule has 1 aromatic carbocycles. The zero-order valence-electron chi connectivity index (χ0n) is 17.6. The van der Waals surface area contributed by atoms with E-state index >= 15 is 0 Å². The van der Waals surface area contributed by atoms with Crippen LogP contribution in [0.3, 0.4) is 0 Å². The molecule has 2 aromatic rings. The molecule has 1 aromatic heterocycles. The van der Waals surface area contributed by atoms with Gasteiger partial charge in [-0.2, -0.15) is 0 Å². The molecule has 2 amide bonds. The van der Waals surface area contributed by atoms with Crippen molar-refractivity contribution in [1.29, 1.82) is 0 Å². The Morgan fingerprint density at radius 2 is 2.10 bits per heavy atom. The maximum atomic E-state index is 13.2. The topological polar surface area (TPSA) is 83.0 Å².